The number of piperidine rings is 1. The summed E-state index contributed by atoms with van der Waals surface area (Å²) in [5.74, 6) is 1.16. The summed E-state index contributed by atoms with van der Waals surface area (Å²) in [6.07, 6.45) is 7.78. The number of likely N-dealkylation sites (tertiary alicyclic amines) is 1. The topological polar surface area (TPSA) is 36.0 Å². The third kappa shape index (κ3) is 4.30. The molecule has 3 atom stereocenters. The minimum atomic E-state index is 0.379. The van der Waals surface area contributed by atoms with Crippen molar-refractivity contribution in [1.82, 2.24) is 14.7 Å². The lowest BCUT2D eigenvalue weighted by Crippen LogP contribution is -2.57. The molecule has 0 aromatic rings. The average Bonchev–Trinajstić information content (AvgIpc) is 2.60. The molecular weight excluding hydrogens is 302 g/mol. The van der Waals surface area contributed by atoms with Crippen molar-refractivity contribution in [1.29, 1.82) is 0 Å². The van der Waals surface area contributed by atoms with E-state index in [1.54, 1.807) is 7.11 Å². The predicted octanol–water partition coefficient (Wildman–Crippen LogP) is 1.82. The second kappa shape index (κ2) is 8.63. The van der Waals surface area contributed by atoms with Crippen molar-refractivity contribution in [2.45, 2.75) is 57.5 Å². The van der Waals surface area contributed by atoms with Crippen LogP contribution in [0.3, 0.4) is 0 Å². The van der Waals surface area contributed by atoms with Crippen molar-refractivity contribution in [2.75, 3.05) is 53.0 Å². The van der Waals surface area contributed by atoms with Gasteiger partial charge < -0.3 is 9.64 Å². The van der Waals surface area contributed by atoms with E-state index >= 15 is 0 Å². The highest BCUT2D eigenvalue weighted by atomic mass is 16.5. The van der Waals surface area contributed by atoms with E-state index in [1.807, 2.05) is 0 Å². The van der Waals surface area contributed by atoms with E-state index in [0.29, 0.717) is 24.5 Å². The minimum Gasteiger partial charge on any atom is -0.383 e. The number of carbonyl (C=O) groups is 1. The zero-order valence-electron chi connectivity index (χ0n) is 15.6. The van der Waals surface area contributed by atoms with Gasteiger partial charge in [-0.15, -0.1) is 0 Å². The summed E-state index contributed by atoms with van der Waals surface area (Å²) in [5.41, 5.74) is 0. The van der Waals surface area contributed by atoms with Gasteiger partial charge in [-0.25, -0.2) is 0 Å². The summed E-state index contributed by atoms with van der Waals surface area (Å²) in [5, 5.41) is 0. The first kappa shape index (κ1) is 18.2. The molecule has 0 spiro atoms. The molecule has 2 heterocycles. The molecule has 1 amide bonds. The Labute approximate surface area is 147 Å². The normalized spacial score (nSPS) is 32.6. The number of hydrogen-bond donors (Lipinski definition) is 0. The van der Waals surface area contributed by atoms with Gasteiger partial charge in [0.25, 0.3) is 0 Å². The lowest BCUT2D eigenvalue weighted by atomic mass is 9.78. The van der Waals surface area contributed by atoms with Crippen LogP contribution in [0.2, 0.25) is 0 Å². The Bertz CT molecular complexity index is 415. The lowest BCUT2D eigenvalue weighted by Gasteiger charge is -2.45. The molecule has 24 heavy (non-hydrogen) atoms. The van der Waals surface area contributed by atoms with Crippen molar-refractivity contribution in [2.24, 2.45) is 5.92 Å². The van der Waals surface area contributed by atoms with Gasteiger partial charge >= 0.3 is 0 Å². The monoisotopic (exact) mass is 337 g/mol. The summed E-state index contributed by atoms with van der Waals surface area (Å²) >= 11 is 0. The molecule has 2 saturated heterocycles. The van der Waals surface area contributed by atoms with E-state index in [-0.39, 0.29) is 0 Å². The molecule has 0 bridgehead atoms. The van der Waals surface area contributed by atoms with Crippen LogP contribution < -0.4 is 0 Å². The van der Waals surface area contributed by atoms with Crippen LogP contribution in [0.4, 0.5) is 0 Å². The Kier molecular flexibility index (Phi) is 6.53. The summed E-state index contributed by atoms with van der Waals surface area (Å²) in [6, 6.07) is 1.05. The SMILES string of the molecule is COCCN1CCN(CC(=O)N2CCC[C@@H]3CCCC[C@@H]32)C[C@H]1C. The molecule has 5 nitrogen and oxygen atoms in total. The molecule has 2 aliphatic heterocycles. The molecule has 1 saturated carbocycles. The van der Waals surface area contributed by atoms with E-state index < -0.39 is 0 Å². The average molecular weight is 338 g/mol. The van der Waals surface area contributed by atoms with Crippen molar-refractivity contribution in [3.8, 4) is 0 Å². The van der Waals surface area contributed by atoms with Crippen molar-refractivity contribution >= 4 is 5.91 Å². The zero-order chi connectivity index (χ0) is 16.9. The first-order chi connectivity index (χ1) is 11.7. The van der Waals surface area contributed by atoms with Crippen LogP contribution in [-0.2, 0) is 9.53 Å². The summed E-state index contributed by atoms with van der Waals surface area (Å²) in [6.45, 7) is 8.71. The van der Waals surface area contributed by atoms with Crippen LogP contribution in [-0.4, -0.2) is 85.7 Å². The Morgan fingerprint density at radius 2 is 1.88 bits per heavy atom. The van der Waals surface area contributed by atoms with E-state index in [4.69, 9.17) is 4.74 Å². The molecule has 5 heteroatoms. The van der Waals surface area contributed by atoms with Crippen molar-refractivity contribution < 1.29 is 9.53 Å². The maximum Gasteiger partial charge on any atom is 0.237 e. The number of carbonyl (C=O) groups excluding carboxylic acids is 1. The minimum absolute atomic E-state index is 0.379. The number of fused-ring (bicyclic) bond motifs is 1. The Morgan fingerprint density at radius 3 is 2.67 bits per heavy atom. The standard InChI is InChI=1S/C19H35N3O2/c1-16-14-20(10-11-21(16)12-13-24-2)15-19(23)22-9-5-7-17-6-3-4-8-18(17)22/h16-18H,3-15H2,1-2H3/t16-,17+,18+/m1/s1. The van der Waals surface area contributed by atoms with E-state index in [2.05, 4.69) is 21.6 Å². The van der Waals surface area contributed by atoms with Crippen LogP contribution >= 0.6 is 0 Å². The first-order valence-electron chi connectivity index (χ1n) is 9.94. The van der Waals surface area contributed by atoms with Gasteiger partial charge in [-0.3, -0.25) is 14.6 Å². The number of methoxy groups -OCH3 is 1. The van der Waals surface area contributed by atoms with E-state index in [1.165, 1.54) is 38.5 Å². The van der Waals surface area contributed by atoms with Crippen LogP contribution in [0, 0.1) is 5.92 Å². The molecule has 3 fully saturated rings. The zero-order valence-corrected chi connectivity index (χ0v) is 15.6. The van der Waals surface area contributed by atoms with Gasteiger partial charge in [0.2, 0.25) is 5.91 Å². The maximum absolute atomic E-state index is 12.9. The Hall–Kier alpha value is -0.650. The lowest BCUT2D eigenvalue weighted by molar-refractivity contribution is -0.139. The number of nitrogens with zero attached hydrogens (tertiary/aromatic N) is 3. The predicted molar refractivity (Wildman–Crippen MR) is 96.0 cm³/mol. The van der Waals surface area contributed by atoms with E-state index in [9.17, 15) is 4.79 Å². The second-order valence-electron chi connectivity index (χ2n) is 7.95. The largest absolute Gasteiger partial charge is 0.383 e. The Balaban J connectivity index is 1.50. The molecule has 138 valence electrons. The smallest absolute Gasteiger partial charge is 0.237 e. The number of ether oxygens (including phenoxy) is 1. The number of piperazine rings is 1. The van der Waals surface area contributed by atoms with Crippen molar-refractivity contribution in [3.05, 3.63) is 0 Å². The van der Waals surface area contributed by atoms with Crippen LogP contribution in [0.1, 0.15) is 45.4 Å². The number of rotatable bonds is 5. The van der Waals surface area contributed by atoms with Crippen LogP contribution in [0.5, 0.6) is 0 Å². The van der Waals surface area contributed by atoms with Gasteiger partial charge in [0.05, 0.1) is 13.2 Å². The highest BCUT2D eigenvalue weighted by molar-refractivity contribution is 5.78. The van der Waals surface area contributed by atoms with Crippen LogP contribution in [0.25, 0.3) is 0 Å². The van der Waals surface area contributed by atoms with Gasteiger partial charge in [0, 0.05) is 51.9 Å². The van der Waals surface area contributed by atoms with Gasteiger partial charge in [-0.2, -0.15) is 0 Å². The fraction of sp³-hybridized carbons (Fsp3) is 0.947. The van der Waals surface area contributed by atoms with Gasteiger partial charge in [0.1, 0.15) is 0 Å². The molecule has 3 rings (SSSR count). The molecule has 0 aromatic carbocycles. The highest BCUT2D eigenvalue weighted by Gasteiger charge is 2.36. The molecular formula is C19H35N3O2. The molecule has 0 N–H and O–H groups in total. The third-order valence-corrected chi connectivity index (χ3v) is 6.35. The molecule has 1 aliphatic carbocycles. The van der Waals surface area contributed by atoms with E-state index in [0.717, 1.165) is 45.2 Å². The fourth-order valence-electron chi connectivity index (χ4n) is 4.97. The van der Waals surface area contributed by atoms with Gasteiger partial charge in [0.15, 0.2) is 0 Å². The second-order valence-corrected chi connectivity index (χ2v) is 7.95. The summed E-state index contributed by atoms with van der Waals surface area (Å²) in [7, 11) is 1.76. The quantitative estimate of drug-likeness (QED) is 0.767. The summed E-state index contributed by atoms with van der Waals surface area (Å²) in [4.78, 5) is 20.0. The number of hydrogen-bond acceptors (Lipinski definition) is 4. The fourth-order valence-corrected chi connectivity index (χ4v) is 4.97. The molecule has 0 unspecified atom stereocenters. The number of amides is 1. The molecule has 0 radical (unpaired) electrons. The highest BCUT2D eigenvalue weighted by Crippen LogP contribution is 2.35. The van der Waals surface area contributed by atoms with Crippen molar-refractivity contribution in [3.63, 3.8) is 0 Å². The van der Waals surface area contributed by atoms with Crippen LogP contribution in [0.15, 0.2) is 0 Å². The maximum atomic E-state index is 12.9. The Morgan fingerprint density at radius 1 is 1.08 bits per heavy atom. The molecule has 0 aromatic heterocycles. The summed E-state index contributed by atoms with van der Waals surface area (Å²) < 4.78 is 5.20. The van der Waals surface area contributed by atoms with Gasteiger partial charge in [-0.1, -0.05) is 12.8 Å². The first-order valence-corrected chi connectivity index (χ1v) is 9.94. The van der Waals surface area contributed by atoms with Gasteiger partial charge in [-0.05, 0) is 38.5 Å². The third-order valence-electron chi connectivity index (χ3n) is 6.35. The molecule has 3 aliphatic rings.